The maximum atomic E-state index is 12.7. The Balaban J connectivity index is 1.73. The number of rotatable bonds is 9. The lowest BCUT2D eigenvalue weighted by molar-refractivity contribution is -0.384. The smallest absolute Gasteiger partial charge is 0.379 e. The molecular weight excluding hydrogens is 377 g/mol. The summed E-state index contributed by atoms with van der Waals surface area (Å²) in [5.74, 6) is -0.208. The Labute approximate surface area is 161 Å². The van der Waals surface area contributed by atoms with Crippen LogP contribution in [0.2, 0.25) is 0 Å². The molecule has 1 heterocycles. The van der Waals surface area contributed by atoms with Gasteiger partial charge in [0.2, 0.25) is 5.91 Å². The van der Waals surface area contributed by atoms with Crippen LogP contribution >= 0.6 is 0 Å². The van der Waals surface area contributed by atoms with Gasteiger partial charge in [-0.05, 0) is 51.0 Å². The number of nitrogens with one attached hydrogen (secondary N) is 2. The number of hydrogen-bond donors (Lipinski definition) is 2. The second-order valence-electron chi connectivity index (χ2n) is 6.77. The molecule has 0 radical (unpaired) electrons. The Bertz CT molecular complexity index is 677. The fourth-order valence-corrected chi connectivity index (χ4v) is 3.12. The summed E-state index contributed by atoms with van der Waals surface area (Å²) >= 11 is 0. The third-order valence-corrected chi connectivity index (χ3v) is 4.61. The molecule has 156 valence electrons. The van der Waals surface area contributed by atoms with Gasteiger partial charge in [-0.15, -0.1) is 0 Å². The average Bonchev–Trinajstić information content (AvgIpc) is 2.65. The zero-order valence-corrected chi connectivity index (χ0v) is 15.6. The van der Waals surface area contributed by atoms with E-state index in [1.807, 2.05) is 0 Å². The molecule has 0 spiro atoms. The molecule has 2 N–H and O–H groups in total. The van der Waals surface area contributed by atoms with E-state index in [9.17, 15) is 28.1 Å². The summed E-state index contributed by atoms with van der Waals surface area (Å²) in [5, 5.41) is 16.5. The number of carbonyl (C=O) groups excluding carboxylic acids is 1. The second-order valence-corrected chi connectivity index (χ2v) is 6.77. The molecule has 1 aromatic rings. The minimum Gasteiger partial charge on any atom is -0.379 e. The zero-order chi connectivity index (χ0) is 20.6. The molecule has 0 atom stereocenters. The van der Waals surface area contributed by atoms with Crippen molar-refractivity contribution >= 4 is 17.3 Å². The molecule has 10 heteroatoms. The summed E-state index contributed by atoms with van der Waals surface area (Å²) in [6.07, 6.45) is -0.0254. The summed E-state index contributed by atoms with van der Waals surface area (Å²) in [6, 6.07) is 2.27. The number of nitro benzene ring substituents is 1. The van der Waals surface area contributed by atoms with Crippen molar-refractivity contribution in [2.45, 2.75) is 38.3 Å². The molecule has 0 aliphatic carbocycles. The lowest BCUT2D eigenvalue weighted by Crippen LogP contribution is -2.33. The van der Waals surface area contributed by atoms with Gasteiger partial charge in [-0.3, -0.25) is 14.9 Å². The zero-order valence-electron chi connectivity index (χ0n) is 15.6. The van der Waals surface area contributed by atoms with Crippen LogP contribution in [-0.4, -0.2) is 48.5 Å². The highest BCUT2D eigenvalue weighted by Gasteiger charge is 2.33. The number of nitro groups is 1. The first-order valence-corrected chi connectivity index (χ1v) is 9.36. The molecule has 2 rings (SSSR count). The first-order chi connectivity index (χ1) is 13.3. The van der Waals surface area contributed by atoms with Crippen molar-refractivity contribution in [3.05, 3.63) is 33.9 Å². The number of hydrogen-bond acceptors (Lipinski definition) is 5. The summed E-state index contributed by atoms with van der Waals surface area (Å²) in [6.45, 7) is 3.78. The molecule has 0 saturated carbocycles. The number of halogens is 3. The van der Waals surface area contributed by atoms with Crippen LogP contribution in [0.1, 0.15) is 37.7 Å². The normalized spacial score (nSPS) is 15.2. The minimum absolute atomic E-state index is 0.0455. The highest BCUT2D eigenvalue weighted by atomic mass is 19.4. The molecule has 28 heavy (non-hydrogen) atoms. The van der Waals surface area contributed by atoms with Gasteiger partial charge in [-0.25, -0.2) is 0 Å². The van der Waals surface area contributed by atoms with Crippen molar-refractivity contribution in [1.29, 1.82) is 0 Å². The first kappa shape index (κ1) is 21.9. The molecule has 0 bridgehead atoms. The van der Waals surface area contributed by atoms with Crippen LogP contribution in [-0.2, 0) is 11.0 Å². The van der Waals surface area contributed by atoms with Crippen LogP contribution in [0.25, 0.3) is 0 Å². The van der Waals surface area contributed by atoms with Gasteiger partial charge in [0.1, 0.15) is 5.69 Å². The minimum atomic E-state index is -4.66. The van der Waals surface area contributed by atoms with Crippen molar-refractivity contribution in [2.24, 2.45) is 0 Å². The van der Waals surface area contributed by atoms with Crippen molar-refractivity contribution in [2.75, 3.05) is 38.0 Å². The average molecular weight is 402 g/mol. The van der Waals surface area contributed by atoms with Crippen LogP contribution < -0.4 is 10.6 Å². The number of likely N-dealkylation sites (tertiary alicyclic amines) is 1. The lowest BCUT2D eigenvalue weighted by Gasteiger charge is -2.26. The van der Waals surface area contributed by atoms with E-state index in [4.69, 9.17) is 0 Å². The molecule has 1 aliphatic heterocycles. The molecule has 1 amide bonds. The van der Waals surface area contributed by atoms with Crippen molar-refractivity contribution in [1.82, 2.24) is 10.2 Å². The number of alkyl halides is 3. The summed E-state index contributed by atoms with van der Waals surface area (Å²) in [4.78, 5) is 24.4. The third-order valence-electron chi connectivity index (χ3n) is 4.61. The lowest BCUT2D eigenvalue weighted by atomic mass is 10.1. The molecule has 0 aromatic heterocycles. The Morgan fingerprint density at radius 2 is 1.89 bits per heavy atom. The number of benzene rings is 1. The predicted molar refractivity (Wildman–Crippen MR) is 99.1 cm³/mol. The third kappa shape index (κ3) is 6.99. The number of anilines is 1. The van der Waals surface area contributed by atoms with Gasteiger partial charge in [0.15, 0.2) is 0 Å². The summed E-state index contributed by atoms with van der Waals surface area (Å²) < 4.78 is 38.1. The van der Waals surface area contributed by atoms with Gasteiger partial charge in [-0.1, -0.05) is 6.42 Å². The van der Waals surface area contributed by atoms with E-state index in [1.54, 1.807) is 0 Å². The standard InChI is InChI=1S/C18H25F3N4O3/c19-18(20,21)14-5-6-15(16(13-14)25(27)28)22-9-7-17(26)23-8-4-12-24-10-2-1-3-11-24/h5-6,13,22H,1-4,7-12H2,(H,23,26). The number of amides is 1. The van der Waals surface area contributed by atoms with Gasteiger partial charge >= 0.3 is 6.18 Å². The van der Waals surface area contributed by atoms with Gasteiger partial charge in [0.05, 0.1) is 10.5 Å². The van der Waals surface area contributed by atoms with Gasteiger partial charge in [0.25, 0.3) is 5.69 Å². The van der Waals surface area contributed by atoms with E-state index in [2.05, 4.69) is 15.5 Å². The molecule has 1 aromatic carbocycles. The van der Waals surface area contributed by atoms with Crippen LogP contribution in [0.5, 0.6) is 0 Å². The summed E-state index contributed by atoms with van der Waals surface area (Å²) in [7, 11) is 0. The molecule has 1 saturated heterocycles. The molecule has 7 nitrogen and oxygen atoms in total. The van der Waals surface area contributed by atoms with Crippen LogP contribution in [0, 0.1) is 10.1 Å². The monoisotopic (exact) mass is 402 g/mol. The Morgan fingerprint density at radius 1 is 1.18 bits per heavy atom. The van der Waals surface area contributed by atoms with Crippen molar-refractivity contribution < 1.29 is 22.9 Å². The second kappa shape index (κ2) is 10.3. The topological polar surface area (TPSA) is 87.5 Å². The van der Waals surface area contributed by atoms with Crippen LogP contribution in [0.15, 0.2) is 18.2 Å². The van der Waals surface area contributed by atoms with E-state index in [0.29, 0.717) is 12.6 Å². The quantitative estimate of drug-likeness (QED) is 0.376. The van der Waals surface area contributed by atoms with Crippen molar-refractivity contribution in [3.8, 4) is 0 Å². The van der Waals surface area contributed by atoms with E-state index >= 15 is 0 Å². The predicted octanol–water partition coefficient (Wildman–Crippen LogP) is 3.41. The fourth-order valence-electron chi connectivity index (χ4n) is 3.12. The molecular formula is C18H25F3N4O3. The maximum absolute atomic E-state index is 12.7. The number of nitrogens with zero attached hydrogens (tertiary/aromatic N) is 2. The Morgan fingerprint density at radius 3 is 2.54 bits per heavy atom. The van der Waals surface area contributed by atoms with Gasteiger partial charge in [-0.2, -0.15) is 13.2 Å². The fraction of sp³-hybridized carbons (Fsp3) is 0.611. The highest BCUT2D eigenvalue weighted by molar-refractivity contribution is 5.76. The van der Waals surface area contributed by atoms with E-state index < -0.39 is 22.4 Å². The van der Waals surface area contributed by atoms with E-state index in [-0.39, 0.29) is 24.6 Å². The van der Waals surface area contributed by atoms with Gasteiger partial charge < -0.3 is 15.5 Å². The largest absolute Gasteiger partial charge is 0.416 e. The number of piperidine rings is 1. The van der Waals surface area contributed by atoms with Crippen molar-refractivity contribution in [3.63, 3.8) is 0 Å². The molecule has 1 fully saturated rings. The molecule has 0 unspecified atom stereocenters. The first-order valence-electron chi connectivity index (χ1n) is 9.36. The van der Waals surface area contributed by atoms with Gasteiger partial charge in [0, 0.05) is 25.6 Å². The van der Waals surface area contributed by atoms with E-state index in [0.717, 1.165) is 38.2 Å². The van der Waals surface area contributed by atoms with Crippen LogP contribution in [0.3, 0.4) is 0 Å². The number of carbonyl (C=O) groups is 1. The maximum Gasteiger partial charge on any atom is 0.416 e. The highest BCUT2D eigenvalue weighted by Crippen LogP contribution is 2.34. The summed E-state index contributed by atoms with van der Waals surface area (Å²) in [5.41, 5.74) is -1.80. The Kier molecular flexibility index (Phi) is 8.04. The SMILES string of the molecule is O=C(CCNc1ccc(C(F)(F)F)cc1[N+](=O)[O-])NCCCN1CCCCC1. The molecule has 1 aliphatic rings. The van der Waals surface area contributed by atoms with Crippen LogP contribution in [0.4, 0.5) is 24.5 Å². The van der Waals surface area contributed by atoms with E-state index in [1.165, 1.54) is 19.3 Å². The Hall–Kier alpha value is -2.36.